The number of anilines is 8. The molecule has 0 fully saturated rings. The Morgan fingerprint density at radius 2 is 0.500 bits per heavy atom. The summed E-state index contributed by atoms with van der Waals surface area (Å²) in [6, 6.07) is 86.0. The maximum atomic E-state index is 2.30. The summed E-state index contributed by atoms with van der Waals surface area (Å²) >= 11 is 0. The highest BCUT2D eigenvalue weighted by Gasteiger charge is 2.15. The molecule has 0 radical (unpaired) electrons. The Bertz CT molecular complexity index is 3880. The minimum atomic E-state index is 1.26. The van der Waals surface area contributed by atoms with Gasteiger partial charge >= 0.3 is 0 Å². The Morgan fingerprint density at radius 1 is 0.200 bits per heavy atom. The average Bonchev–Trinajstić information content (AvgIpc) is 3.49. The summed E-state index contributed by atoms with van der Waals surface area (Å²) in [5.74, 6) is 0. The topological polar surface area (TPSA) is 13.0 Å². The predicted octanol–water partition coefficient (Wildman–Crippen LogP) is 20.9. The predicted molar refractivity (Wildman–Crippen MR) is 352 cm³/mol. The van der Waals surface area contributed by atoms with Crippen LogP contribution in [0.15, 0.2) is 243 Å². The van der Waals surface area contributed by atoms with Crippen LogP contribution in [0.2, 0.25) is 0 Å². The van der Waals surface area contributed by atoms with Crippen LogP contribution in [0.25, 0.3) is 43.1 Å². The van der Waals surface area contributed by atoms with Crippen molar-refractivity contribution in [2.75, 3.05) is 47.8 Å². The third kappa shape index (κ3) is 12.1. The summed E-state index contributed by atoms with van der Waals surface area (Å²) in [5.41, 5.74) is 20.5. The maximum Gasteiger partial charge on any atom is 0.0517 e. The monoisotopic (exact) mass is 1040 g/mol. The summed E-state index contributed by atoms with van der Waals surface area (Å²) in [6.07, 6.45) is 0. The van der Waals surface area contributed by atoms with Crippen molar-refractivity contribution in [3.8, 4) is 0 Å². The van der Waals surface area contributed by atoms with Crippen LogP contribution >= 0.6 is 0 Å². The lowest BCUT2D eigenvalue weighted by Crippen LogP contribution is -2.12. The number of nitrogens with zero attached hydrogens (tertiary/aromatic N) is 4. The Kier molecular flexibility index (Phi) is 17.5. The van der Waals surface area contributed by atoms with Gasteiger partial charge in [0.25, 0.3) is 0 Å². The number of hydrogen-bond acceptors (Lipinski definition) is 4. The summed E-state index contributed by atoms with van der Waals surface area (Å²) in [4.78, 5) is 9.12. The first-order valence-electron chi connectivity index (χ1n) is 27.8. The number of hydrogen-bond donors (Lipinski definition) is 0. The fourth-order valence-corrected chi connectivity index (χ4v) is 11.3. The molecule has 0 saturated carbocycles. The summed E-state index contributed by atoms with van der Waals surface area (Å²) in [6.45, 7) is 17.4. The first kappa shape index (κ1) is 55.6. The van der Waals surface area contributed by atoms with Crippen LogP contribution in [0.4, 0.5) is 45.5 Å². The van der Waals surface area contributed by atoms with Gasteiger partial charge in [0.05, 0.1) is 5.69 Å². The SMILES string of the molecule is Cc1ccccc1N(C)c1c(C)ccc2ccccc12.Cc1ccccc1N(C)c1cc2ccccc2cc1C.Cc1ccccc1N(C)c1ccc2ccccc2c1C.Cc1ccccc1N(C)c1ccc2ccccc2c1C. The van der Waals surface area contributed by atoms with Gasteiger partial charge in [0.1, 0.15) is 0 Å². The quantitative estimate of drug-likeness (QED) is 0.150. The van der Waals surface area contributed by atoms with E-state index in [2.05, 4.69) is 346 Å². The molecule has 12 rings (SSSR count). The molecule has 0 aliphatic carbocycles. The molecule has 0 saturated heterocycles. The Morgan fingerprint density at radius 3 is 0.912 bits per heavy atom. The maximum absolute atomic E-state index is 2.30. The molecular weight excluding hydrogens is 969 g/mol. The fourth-order valence-electron chi connectivity index (χ4n) is 11.3. The van der Waals surface area contributed by atoms with Crippen molar-refractivity contribution >= 4 is 88.6 Å². The second kappa shape index (κ2) is 25.1. The van der Waals surface area contributed by atoms with Crippen molar-refractivity contribution in [3.05, 3.63) is 287 Å². The van der Waals surface area contributed by atoms with Crippen LogP contribution in [0.3, 0.4) is 0 Å². The van der Waals surface area contributed by atoms with Crippen molar-refractivity contribution in [2.24, 2.45) is 0 Å². The lowest BCUT2D eigenvalue weighted by atomic mass is 10.0. The van der Waals surface area contributed by atoms with Crippen LogP contribution in [-0.2, 0) is 0 Å². The largest absolute Gasteiger partial charge is 0.344 e. The highest BCUT2D eigenvalue weighted by molar-refractivity contribution is 5.98. The lowest BCUT2D eigenvalue weighted by molar-refractivity contribution is 1.17. The fraction of sp³-hybridized carbons (Fsp3) is 0.158. The van der Waals surface area contributed by atoms with E-state index in [1.807, 2.05) is 0 Å². The first-order valence-corrected chi connectivity index (χ1v) is 27.8. The molecule has 4 heteroatoms. The van der Waals surface area contributed by atoms with Gasteiger partial charge in [-0.25, -0.2) is 0 Å². The highest BCUT2D eigenvalue weighted by atomic mass is 15.1. The van der Waals surface area contributed by atoms with E-state index in [-0.39, 0.29) is 0 Å². The molecule has 0 aromatic heterocycles. The molecule has 0 amide bonds. The Balaban J connectivity index is 0.000000129. The Labute approximate surface area is 476 Å². The van der Waals surface area contributed by atoms with Gasteiger partial charge in [0.2, 0.25) is 0 Å². The van der Waals surface area contributed by atoms with Crippen molar-refractivity contribution < 1.29 is 0 Å². The van der Waals surface area contributed by atoms with E-state index in [1.54, 1.807) is 0 Å². The van der Waals surface area contributed by atoms with Gasteiger partial charge in [-0.15, -0.1) is 0 Å². The molecule has 0 N–H and O–H groups in total. The number of fused-ring (bicyclic) bond motifs is 4. The third-order valence-corrected chi connectivity index (χ3v) is 15.8. The van der Waals surface area contributed by atoms with Crippen LogP contribution < -0.4 is 19.6 Å². The van der Waals surface area contributed by atoms with Crippen LogP contribution in [0, 0.1) is 55.4 Å². The average molecular weight is 1050 g/mol. The van der Waals surface area contributed by atoms with E-state index >= 15 is 0 Å². The van der Waals surface area contributed by atoms with Gasteiger partial charge in [-0.1, -0.05) is 194 Å². The van der Waals surface area contributed by atoms with Gasteiger partial charge in [-0.3, -0.25) is 0 Å². The van der Waals surface area contributed by atoms with Crippen molar-refractivity contribution in [2.45, 2.75) is 55.4 Å². The van der Waals surface area contributed by atoms with E-state index in [0.29, 0.717) is 0 Å². The van der Waals surface area contributed by atoms with Gasteiger partial charge in [-0.2, -0.15) is 0 Å². The molecule has 0 aliphatic heterocycles. The van der Waals surface area contributed by atoms with Gasteiger partial charge < -0.3 is 19.6 Å². The highest BCUT2D eigenvalue weighted by Crippen LogP contribution is 2.38. The van der Waals surface area contributed by atoms with Crippen LogP contribution in [0.1, 0.15) is 44.5 Å². The molecule has 0 aliphatic rings. The number of benzene rings is 12. The molecule has 12 aromatic rings. The molecule has 0 unspecified atom stereocenters. The number of aryl methyl sites for hydroxylation is 8. The Hall–Kier alpha value is -9.12. The zero-order chi connectivity index (χ0) is 56.5. The van der Waals surface area contributed by atoms with E-state index in [1.165, 1.54) is 133 Å². The smallest absolute Gasteiger partial charge is 0.0517 e. The molecule has 80 heavy (non-hydrogen) atoms. The van der Waals surface area contributed by atoms with Gasteiger partial charge in [0.15, 0.2) is 0 Å². The first-order chi connectivity index (χ1) is 38.7. The minimum Gasteiger partial charge on any atom is -0.344 e. The molecule has 12 aromatic carbocycles. The van der Waals surface area contributed by atoms with Gasteiger partial charge in [-0.05, 0) is 186 Å². The zero-order valence-electron chi connectivity index (χ0n) is 48.9. The molecule has 0 atom stereocenters. The van der Waals surface area contributed by atoms with Crippen LogP contribution in [0.5, 0.6) is 0 Å². The zero-order valence-corrected chi connectivity index (χ0v) is 48.9. The summed E-state index contributed by atoms with van der Waals surface area (Å²) in [5, 5.41) is 10.4. The van der Waals surface area contributed by atoms with E-state index in [4.69, 9.17) is 0 Å². The van der Waals surface area contributed by atoms with Crippen molar-refractivity contribution in [1.29, 1.82) is 0 Å². The van der Waals surface area contributed by atoms with E-state index < -0.39 is 0 Å². The molecule has 0 heterocycles. The second-order valence-electron chi connectivity index (χ2n) is 21.2. The lowest BCUT2D eigenvalue weighted by Gasteiger charge is -2.25. The summed E-state index contributed by atoms with van der Waals surface area (Å²) < 4.78 is 0. The molecular formula is C76H76N4. The third-order valence-electron chi connectivity index (χ3n) is 15.8. The van der Waals surface area contributed by atoms with E-state index in [9.17, 15) is 0 Å². The molecule has 4 nitrogen and oxygen atoms in total. The summed E-state index contributed by atoms with van der Waals surface area (Å²) in [7, 11) is 8.56. The molecule has 0 bridgehead atoms. The van der Waals surface area contributed by atoms with Crippen molar-refractivity contribution in [3.63, 3.8) is 0 Å². The van der Waals surface area contributed by atoms with Crippen molar-refractivity contribution in [1.82, 2.24) is 0 Å². The second-order valence-corrected chi connectivity index (χ2v) is 21.2. The normalized spacial score (nSPS) is 10.8. The minimum absolute atomic E-state index is 1.26. The van der Waals surface area contributed by atoms with Crippen LogP contribution in [-0.4, -0.2) is 28.2 Å². The van der Waals surface area contributed by atoms with E-state index in [0.717, 1.165) is 0 Å². The number of rotatable bonds is 8. The standard InChI is InChI=1S/4C19H19N/c1-14-8-4-7-11-18(14)20(3)19-13-17-10-6-5-9-16(17)12-15(19)2;2*1-14-8-4-7-11-18(14)20(3)19-13-12-16-9-5-6-10-17(16)15(19)2;1-14-8-4-7-11-18(14)20(3)19-15(2)12-13-16-9-5-6-10-17(16)19/h4*4-13H,1-3H3. The van der Waals surface area contributed by atoms with Gasteiger partial charge in [0, 0.05) is 73.4 Å². The molecule has 0 spiro atoms. The number of para-hydroxylation sites is 4. The molecule has 400 valence electrons.